The maximum atomic E-state index is 12.4. The Morgan fingerprint density at radius 2 is 1.87 bits per heavy atom. The number of likely N-dealkylation sites (N-methyl/N-ethyl adjacent to an activating group) is 1. The smallest absolute Gasteiger partial charge is 0.387 e. The van der Waals surface area contributed by atoms with Gasteiger partial charge in [0.2, 0.25) is 11.8 Å². The van der Waals surface area contributed by atoms with Crippen LogP contribution in [0.4, 0.5) is 14.5 Å². The molecule has 0 atom stereocenters. The third kappa shape index (κ3) is 6.77. The molecule has 0 aliphatic rings. The number of methoxy groups -OCH3 is 2. The van der Waals surface area contributed by atoms with Gasteiger partial charge in [0.05, 0.1) is 20.8 Å². The molecule has 2 amide bonds. The summed E-state index contributed by atoms with van der Waals surface area (Å²) in [6.45, 7) is -3.14. The molecule has 30 heavy (non-hydrogen) atoms. The molecule has 0 heterocycles. The second-order valence-electron chi connectivity index (χ2n) is 6.10. The SMILES string of the molecule is COc1cccc(NC(=O)CN(C)C(=O)/C=C/c2ccc(OC(F)F)c(OC)c2)c1. The lowest BCUT2D eigenvalue weighted by Gasteiger charge is -2.15. The lowest BCUT2D eigenvalue weighted by molar-refractivity contribution is -0.129. The highest BCUT2D eigenvalue weighted by molar-refractivity contribution is 5.98. The van der Waals surface area contributed by atoms with E-state index in [1.807, 2.05) is 0 Å². The van der Waals surface area contributed by atoms with Crippen molar-refractivity contribution in [3.63, 3.8) is 0 Å². The number of hydrogen-bond acceptors (Lipinski definition) is 5. The highest BCUT2D eigenvalue weighted by Crippen LogP contribution is 2.29. The lowest BCUT2D eigenvalue weighted by atomic mass is 10.2. The van der Waals surface area contributed by atoms with Gasteiger partial charge in [-0.2, -0.15) is 8.78 Å². The zero-order valence-electron chi connectivity index (χ0n) is 16.7. The Morgan fingerprint density at radius 3 is 2.53 bits per heavy atom. The van der Waals surface area contributed by atoms with Crippen LogP contribution >= 0.6 is 0 Å². The van der Waals surface area contributed by atoms with Gasteiger partial charge in [-0.3, -0.25) is 9.59 Å². The summed E-state index contributed by atoms with van der Waals surface area (Å²) in [5.41, 5.74) is 1.09. The van der Waals surface area contributed by atoms with E-state index in [2.05, 4.69) is 10.1 Å². The molecule has 9 heteroatoms. The topological polar surface area (TPSA) is 77.1 Å². The van der Waals surface area contributed by atoms with Crippen LogP contribution in [0.15, 0.2) is 48.5 Å². The van der Waals surface area contributed by atoms with E-state index in [1.165, 1.54) is 56.5 Å². The summed E-state index contributed by atoms with van der Waals surface area (Å²) in [6.07, 6.45) is 2.74. The second-order valence-corrected chi connectivity index (χ2v) is 6.10. The quantitative estimate of drug-likeness (QED) is 0.629. The van der Waals surface area contributed by atoms with Gasteiger partial charge in [-0.1, -0.05) is 12.1 Å². The van der Waals surface area contributed by atoms with Crippen LogP contribution < -0.4 is 19.5 Å². The van der Waals surface area contributed by atoms with Crippen molar-refractivity contribution in [1.82, 2.24) is 4.90 Å². The zero-order chi connectivity index (χ0) is 22.1. The summed E-state index contributed by atoms with van der Waals surface area (Å²) in [4.78, 5) is 25.6. The number of halogens is 2. The van der Waals surface area contributed by atoms with Crippen molar-refractivity contribution in [3.05, 3.63) is 54.1 Å². The van der Waals surface area contributed by atoms with E-state index in [1.54, 1.807) is 24.3 Å². The lowest BCUT2D eigenvalue weighted by Crippen LogP contribution is -2.33. The molecule has 0 bridgehead atoms. The van der Waals surface area contributed by atoms with Crippen molar-refractivity contribution >= 4 is 23.6 Å². The van der Waals surface area contributed by atoms with E-state index in [0.29, 0.717) is 17.0 Å². The van der Waals surface area contributed by atoms with Gasteiger partial charge in [0, 0.05) is 24.9 Å². The number of amides is 2. The summed E-state index contributed by atoms with van der Waals surface area (Å²) in [5.74, 6) is -0.191. The van der Waals surface area contributed by atoms with Crippen molar-refractivity contribution in [3.8, 4) is 17.2 Å². The molecule has 0 aromatic heterocycles. The van der Waals surface area contributed by atoms with Crippen molar-refractivity contribution in [2.75, 3.05) is 33.1 Å². The van der Waals surface area contributed by atoms with Gasteiger partial charge >= 0.3 is 6.61 Å². The molecule has 7 nitrogen and oxygen atoms in total. The summed E-state index contributed by atoms with van der Waals surface area (Å²) < 4.78 is 39.2. The first kappa shape index (κ1) is 22.7. The summed E-state index contributed by atoms with van der Waals surface area (Å²) in [5, 5.41) is 2.68. The molecular formula is C21H22F2N2O5. The minimum atomic E-state index is -2.97. The highest BCUT2D eigenvalue weighted by Gasteiger charge is 2.12. The average Bonchev–Trinajstić information content (AvgIpc) is 2.72. The number of ether oxygens (including phenoxy) is 3. The number of carbonyl (C=O) groups excluding carboxylic acids is 2. The molecule has 0 radical (unpaired) electrons. The Balaban J connectivity index is 1.95. The normalized spacial score (nSPS) is 10.7. The number of nitrogens with zero attached hydrogens (tertiary/aromatic N) is 1. The predicted octanol–water partition coefficient (Wildman–Crippen LogP) is 3.42. The minimum absolute atomic E-state index is 0.107. The first-order valence-electron chi connectivity index (χ1n) is 8.82. The molecule has 2 aromatic rings. The molecule has 0 aliphatic heterocycles. The Labute approximate surface area is 172 Å². The van der Waals surface area contributed by atoms with E-state index in [0.717, 1.165) is 0 Å². The van der Waals surface area contributed by atoms with Crippen molar-refractivity contribution in [1.29, 1.82) is 0 Å². The van der Waals surface area contributed by atoms with Crippen LogP contribution in [0.2, 0.25) is 0 Å². The van der Waals surface area contributed by atoms with Crippen LogP contribution in [0, 0.1) is 0 Å². The fourth-order valence-electron chi connectivity index (χ4n) is 2.47. The minimum Gasteiger partial charge on any atom is -0.497 e. The van der Waals surface area contributed by atoms with Gasteiger partial charge in [0.1, 0.15) is 5.75 Å². The first-order valence-corrected chi connectivity index (χ1v) is 8.82. The van der Waals surface area contributed by atoms with Gasteiger partial charge in [0.25, 0.3) is 0 Å². The zero-order valence-corrected chi connectivity index (χ0v) is 16.7. The molecule has 160 valence electrons. The predicted molar refractivity (Wildman–Crippen MR) is 108 cm³/mol. The molecule has 0 unspecified atom stereocenters. The van der Waals surface area contributed by atoms with E-state index in [-0.39, 0.29) is 24.0 Å². The van der Waals surface area contributed by atoms with Crippen LogP contribution in [0.5, 0.6) is 17.2 Å². The molecule has 0 fully saturated rings. The van der Waals surface area contributed by atoms with Crippen molar-refractivity contribution in [2.45, 2.75) is 6.61 Å². The number of anilines is 1. The fourth-order valence-corrected chi connectivity index (χ4v) is 2.47. The van der Waals surface area contributed by atoms with Crippen LogP contribution in [0.25, 0.3) is 6.08 Å². The third-order valence-electron chi connectivity index (χ3n) is 3.93. The largest absolute Gasteiger partial charge is 0.497 e. The Morgan fingerprint density at radius 1 is 1.10 bits per heavy atom. The summed E-state index contributed by atoms with van der Waals surface area (Å²) in [7, 11) is 4.33. The monoisotopic (exact) mass is 420 g/mol. The van der Waals surface area contributed by atoms with Crippen LogP contribution in [-0.4, -0.2) is 51.1 Å². The molecule has 0 saturated heterocycles. The summed E-state index contributed by atoms with van der Waals surface area (Å²) in [6, 6.07) is 11.1. The molecular weight excluding hydrogens is 398 g/mol. The first-order chi connectivity index (χ1) is 14.3. The van der Waals surface area contributed by atoms with Crippen LogP contribution in [0.1, 0.15) is 5.56 Å². The molecule has 2 aromatic carbocycles. The molecule has 0 aliphatic carbocycles. The fraction of sp³-hybridized carbons (Fsp3) is 0.238. The molecule has 0 spiro atoms. The standard InChI is InChI=1S/C21H22F2N2O5/c1-25(13-19(26)24-15-5-4-6-16(12-15)28-2)20(27)10-8-14-7-9-17(30-21(22)23)18(11-14)29-3/h4-12,21H,13H2,1-3H3,(H,24,26)/b10-8+. The number of rotatable bonds is 9. The van der Waals surface area contributed by atoms with Crippen molar-refractivity contribution < 1.29 is 32.6 Å². The van der Waals surface area contributed by atoms with E-state index >= 15 is 0 Å². The van der Waals surface area contributed by atoms with E-state index in [4.69, 9.17) is 9.47 Å². The van der Waals surface area contributed by atoms with Crippen molar-refractivity contribution in [2.24, 2.45) is 0 Å². The Bertz CT molecular complexity index is 918. The third-order valence-corrected chi connectivity index (χ3v) is 3.93. The second kappa shape index (κ2) is 10.8. The number of nitrogens with one attached hydrogen (secondary N) is 1. The molecule has 0 saturated carbocycles. The van der Waals surface area contributed by atoms with Gasteiger partial charge in [0.15, 0.2) is 11.5 Å². The molecule has 1 N–H and O–H groups in total. The van der Waals surface area contributed by atoms with Gasteiger partial charge in [-0.05, 0) is 35.9 Å². The Kier molecular flexibility index (Phi) is 8.16. The van der Waals surface area contributed by atoms with Gasteiger partial charge in [-0.25, -0.2) is 0 Å². The average molecular weight is 420 g/mol. The van der Waals surface area contributed by atoms with Crippen LogP contribution in [-0.2, 0) is 9.59 Å². The Hall–Kier alpha value is -3.62. The van der Waals surface area contributed by atoms with Gasteiger partial charge in [-0.15, -0.1) is 0 Å². The van der Waals surface area contributed by atoms with E-state index < -0.39 is 12.5 Å². The maximum absolute atomic E-state index is 12.4. The maximum Gasteiger partial charge on any atom is 0.387 e. The number of carbonyl (C=O) groups is 2. The van der Waals surface area contributed by atoms with Crippen LogP contribution in [0.3, 0.4) is 0 Å². The highest BCUT2D eigenvalue weighted by atomic mass is 19.3. The number of hydrogen-bond donors (Lipinski definition) is 1. The van der Waals surface area contributed by atoms with Gasteiger partial charge < -0.3 is 24.4 Å². The molecule has 2 rings (SSSR count). The summed E-state index contributed by atoms with van der Waals surface area (Å²) >= 11 is 0. The number of benzene rings is 2. The van der Waals surface area contributed by atoms with E-state index in [9.17, 15) is 18.4 Å². The number of alkyl halides is 2.